The molecular formula is C26H25BrN4O2. The number of pyridine rings is 1. The van der Waals surface area contributed by atoms with Crippen LogP contribution in [0.3, 0.4) is 0 Å². The maximum Gasteiger partial charge on any atom is 0.136 e. The smallest absolute Gasteiger partial charge is 0.136 e. The Labute approximate surface area is 201 Å². The highest BCUT2D eigenvalue weighted by molar-refractivity contribution is 9.10. The van der Waals surface area contributed by atoms with E-state index in [0.717, 1.165) is 43.9 Å². The van der Waals surface area contributed by atoms with Crippen LogP contribution in [0.1, 0.15) is 47.6 Å². The summed E-state index contributed by atoms with van der Waals surface area (Å²) in [7, 11) is 1.67. The molecule has 2 aromatic carbocycles. The number of imidazole rings is 1. The minimum atomic E-state index is -0.181. The average molecular weight is 505 g/mol. The Balaban J connectivity index is 1.59. The van der Waals surface area contributed by atoms with Crippen molar-refractivity contribution < 1.29 is 9.53 Å². The Morgan fingerprint density at radius 1 is 1.09 bits per heavy atom. The van der Waals surface area contributed by atoms with Gasteiger partial charge in [-0.05, 0) is 64.3 Å². The van der Waals surface area contributed by atoms with Gasteiger partial charge in [-0.1, -0.05) is 24.3 Å². The van der Waals surface area contributed by atoms with Gasteiger partial charge in [0.25, 0.3) is 0 Å². The van der Waals surface area contributed by atoms with Crippen LogP contribution >= 0.6 is 15.9 Å². The van der Waals surface area contributed by atoms with Crippen LogP contribution in [-0.2, 0) is 11.3 Å². The Morgan fingerprint density at radius 3 is 2.61 bits per heavy atom. The molecule has 7 heteroatoms. The van der Waals surface area contributed by atoms with Crippen LogP contribution in [0.25, 0.3) is 11.0 Å². The molecule has 0 bridgehead atoms. The number of methoxy groups -OCH3 is 1. The summed E-state index contributed by atoms with van der Waals surface area (Å²) >= 11 is 3.60. The number of aromatic amines is 1. The van der Waals surface area contributed by atoms with E-state index in [1.807, 2.05) is 36.4 Å². The Hall–Kier alpha value is -3.03. The number of likely N-dealkylation sites (tertiary alicyclic amines) is 1. The first-order valence-electron chi connectivity index (χ1n) is 11.0. The van der Waals surface area contributed by atoms with E-state index in [-0.39, 0.29) is 17.9 Å². The predicted octanol–water partition coefficient (Wildman–Crippen LogP) is 5.68. The van der Waals surface area contributed by atoms with Crippen LogP contribution < -0.4 is 4.74 Å². The second kappa shape index (κ2) is 9.08. The minimum Gasteiger partial charge on any atom is -0.497 e. The summed E-state index contributed by atoms with van der Waals surface area (Å²) in [4.78, 5) is 28.4. The third-order valence-electron chi connectivity index (χ3n) is 6.33. The van der Waals surface area contributed by atoms with Crippen molar-refractivity contribution in [2.24, 2.45) is 0 Å². The third kappa shape index (κ3) is 4.30. The Bertz CT molecular complexity index is 1300. The number of hydrogen-bond acceptors (Lipinski definition) is 5. The maximum atomic E-state index is 13.0. The molecule has 6 nitrogen and oxygen atoms in total. The van der Waals surface area contributed by atoms with Crippen LogP contribution in [0.4, 0.5) is 0 Å². The SMILES string of the molecule is COc1ccc(CN2[C@@H](c3nc4c(Br)cccc4[nH]3)CC(=O)C[C@H]2c2ncccc2C)cc1. The van der Waals surface area contributed by atoms with E-state index in [2.05, 4.69) is 55.9 Å². The molecule has 1 N–H and O–H groups in total. The summed E-state index contributed by atoms with van der Waals surface area (Å²) in [5.41, 5.74) is 5.00. The molecular weight excluding hydrogens is 480 g/mol. The topological polar surface area (TPSA) is 71.1 Å². The van der Waals surface area contributed by atoms with Crippen molar-refractivity contribution in [2.45, 2.75) is 38.4 Å². The van der Waals surface area contributed by atoms with Gasteiger partial charge < -0.3 is 9.72 Å². The Kier molecular flexibility index (Phi) is 6.00. The lowest BCUT2D eigenvalue weighted by Crippen LogP contribution is -2.40. The minimum absolute atomic E-state index is 0.129. The quantitative estimate of drug-likeness (QED) is 0.378. The highest BCUT2D eigenvalue weighted by Crippen LogP contribution is 2.41. The van der Waals surface area contributed by atoms with E-state index in [9.17, 15) is 4.79 Å². The number of rotatable bonds is 5. The molecule has 168 valence electrons. The molecule has 0 aliphatic carbocycles. The van der Waals surface area contributed by atoms with Gasteiger partial charge in [0.05, 0.1) is 30.4 Å². The van der Waals surface area contributed by atoms with Crippen molar-refractivity contribution in [3.05, 3.63) is 87.9 Å². The van der Waals surface area contributed by atoms with Gasteiger partial charge in [-0.15, -0.1) is 0 Å². The van der Waals surface area contributed by atoms with Gasteiger partial charge >= 0.3 is 0 Å². The number of Topliss-reactive ketones (excluding diaryl/α,β-unsaturated/α-hetero) is 1. The number of piperidine rings is 1. The molecule has 0 unspecified atom stereocenters. The number of nitrogens with one attached hydrogen (secondary N) is 1. The van der Waals surface area contributed by atoms with Gasteiger partial charge in [0, 0.05) is 30.1 Å². The molecule has 3 heterocycles. The summed E-state index contributed by atoms with van der Waals surface area (Å²) < 4.78 is 6.26. The van der Waals surface area contributed by atoms with E-state index in [4.69, 9.17) is 9.72 Å². The van der Waals surface area contributed by atoms with Gasteiger partial charge in [-0.2, -0.15) is 0 Å². The lowest BCUT2D eigenvalue weighted by atomic mass is 9.89. The van der Waals surface area contributed by atoms with Crippen LogP contribution in [0.2, 0.25) is 0 Å². The fourth-order valence-electron chi connectivity index (χ4n) is 4.66. The molecule has 33 heavy (non-hydrogen) atoms. The summed E-state index contributed by atoms with van der Waals surface area (Å²) in [6.45, 7) is 2.72. The van der Waals surface area contributed by atoms with Crippen molar-refractivity contribution in [1.29, 1.82) is 0 Å². The number of carbonyl (C=O) groups is 1. The lowest BCUT2D eigenvalue weighted by molar-refractivity contribution is -0.126. The lowest BCUT2D eigenvalue weighted by Gasteiger charge is -2.40. The number of H-pyrrole nitrogens is 1. The number of carbonyl (C=O) groups excluding carboxylic acids is 1. The standard InChI is InChI=1S/C26H25BrN4O2/c1-16-5-4-12-28-24(16)22-13-18(32)14-23(26-29-21-7-3-6-20(27)25(21)30-26)31(22)15-17-8-10-19(33-2)11-9-17/h3-12,22-23H,13-15H2,1-2H3,(H,29,30)/t22-,23+/m0/s1. The molecule has 2 aromatic heterocycles. The molecule has 5 rings (SSSR count). The van der Waals surface area contributed by atoms with Gasteiger partial charge in [-0.25, -0.2) is 4.98 Å². The van der Waals surface area contributed by atoms with Crippen molar-refractivity contribution >= 4 is 32.7 Å². The number of benzene rings is 2. The van der Waals surface area contributed by atoms with Crippen molar-refractivity contribution in [2.75, 3.05) is 7.11 Å². The van der Waals surface area contributed by atoms with E-state index in [0.29, 0.717) is 19.4 Å². The highest BCUT2D eigenvalue weighted by atomic mass is 79.9. The maximum absolute atomic E-state index is 13.0. The first kappa shape index (κ1) is 21.8. The van der Waals surface area contributed by atoms with Crippen LogP contribution in [0.15, 0.2) is 65.3 Å². The first-order valence-corrected chi connectivity index (χ1v) is 11.8. The highest BCUT2D eigenvalue weighted by Gasteiger charge is 2.39. The van der Waals surface area contributed by atoms with Gasteiger partial charge in [0.2, 0.25) is 0 Å². The monoisotopic (exact) mass is 504 g/mol. The van der Waals surface area contributed by atoms with Gasteiger partial charge in [0.15, 0.2) is 0 Å². The molecule has 1 saturated heterocycles. The zero-order valence-corrected chi connectivity index (χ0v) is 20.2. The second-order valence-corrected chi connectivity index (χ2v) is 9.32. The zero-order chi connectivity index (χ0) is 22.9. The van der Waals surface area contributed by atoms with E-state index >= 15 is 0 Å². The number of nitrogens with zero attached hydrogens (tertiary/aromatic N) is 3. The molecule has 2 atom stereocenters. The molecule has 0 radical (unpaired) electrons. The molecule has 0 amide bonds. The van der Waals surface area contributed by atoms with Crippen molar-refractivity contribution in [3.8, 4) is 5.75 Å². The number of hydrogen-bond donors (Lipinski definition) is 1. The largest absolute Gasteiger partial charge is 0.497 e. The fourth-order valence-corrected chi connectivity index (χ4v) is 5.11. The van der Waals surface area contributed by atoms with E-state index in [1.54, 1.807) is 13.3 Å². The van der Waals surface area contributed by atoms with Crippen molar-refractivity contribution in [1.82, 2.24) is 19.9 Å². The molecule has 1 aliphatic heterocycles. The number of ether oxygens (including phenoxy) is 1. The van der Waals surface area contributed by atoms with E-state index in [1.165, 1.54) is 0 Å². The molecule has 1 aliphatic rings. The molecule has 1 fully saturated rings. The summed E-state index contributed by atoms with van der Waals surface area (Å²) in [6.07, 6.45) is 2.66. The second-order valence-electron chi connectivity index (χ2n) is 8.46. The fraction of sp³-hybridized carbons (Fsp3) is 0.269. The van der Waals surface area contributed by atoms with Gasteiger partial charge in [-0.3, -0.25) is 14.7 Å². The van der Waals surface area contributed by atoms with Crippen molar-refractivity contribution in [3.63, 3.8) is 0 Å². The van der Waals surface area contributed by atoms with Crippen LogP contribution in [-0.4, -0.2) is 32.7 Å². The van der Waals surface area contributed by atoms with E-state index < -0.39 is 0 Å². The average Bonchev–Trinajstić information content (AvgIpc) is 3.26. The number of ketones is 1. The number of halogens is 1. The number of fused-ring (bicyclic) bond motifs is 1. The van der Waals surface area contributed by atoms with Crippen LogP contribution in [0.5, 0.6) is 5.75 Å². The molecule has 4 aromatic rings. The zero-order valence-electron chi connectivity index (χ0n) is 18.6. The summed E-state index contributed by atoms with van der Waals surface area (Å²) in [5.74, 6) is 1.85. The Morgan fingerprint density at radius 2 is 1.88 bits per heavy atom. The van der Waals surface area contributed by atoms with Gasteiger partial charge in [0.1, 0.15) is 22.9 Å². The molecule has 0 spiro atoms. The number of aryl methyl sites for hydroxylation is 1. The predicted molar refractivity (Wildman–Crippen MR) is 131 cm³/mol. The number of para-hydroxylation sites is 1. The molecule has 0 saturated carbocycles. The summed E-state index contributed by atoms with van der Waals surface area (Å²) in [6, 6.07) is 17.7. The number of aromatic nitrogens is 3. The normalized spacial score (nSPS) is 19.2. The first-order chi connectivity index (χ1) is 16.0. The van der Waals surface area contributed by atoms with Crippen LogP contribution in [0, 0.1) is 6.92 Å². The third-order valence-corrected chi connectivity index (χ3v) is 6.97. The summed E-state index contributed by atoms with van der Waals surface area (Å²) in [5, 5.41) is 0.